The maximum Gasteiger partial charge on any atom is 0.460 e. The minimum atomic E-state index is -8.02. The third-order valence-corrected chi connectivity index (χ3v) is 5.10. The zero-order chi connectivity index (χ0) is 25.3. The molecule has 18 heteroatoms. The van der Waals surface area contributed by atoms with Crippen LogP contribution in [0.1, 0.15) is 32.6 Å². The van der Waals surface area contributed by atoms with E-state index in [1.807, 2.05) is 0 Å². The minimum Gasteiger partial charge on any atom is -0.271 e. The van der Waals surface area contributed by atoms with Crippen LogP contribution in [0.25, 0.3) is 0 Å². The highest BCUT2D eigenvalue weighted by atomic mass is 32.3. The van der Waals surface area contributed by atoms with E-state index in [2.05, 4.69) is 0 Å². The Morgan fingerprint density at radius 1 is 0.806 bits per heavy atom. The summed E-state index contributed by atoms with van der Waals surface area (Å²) < 4.78 is 190. The smallest absolute Gasteiger partial charge is 0.271 e. The lowest BCUT2D eigenvalue weighted by Gasteiger charge is -2.39. The number of rotatable bonds is 11. The largest absolute Gasteiger partial charge is 0.460 e. The van der Waals surface area contributed by atoms with Crippen LogP contribution in [0.5, 0.6) is 0 Å². The van der Waals surface area contributed by atoms with Crippen molar-refractivity contribution in [2.75, 3.05) is 5.75 Å². The second-order valence-corrected chi connectivity index (χ2v) is 8.12. The van der Waals surface area contributed by atoms with Gasteiger partial charge in [-0.15, -0.1) is 4.72 Å². The van der Waals surface area contributed by atoms with Crippen molar-refractivity contribution in [2.24, 2.45) is 0 Å². The van der Waals surface area contributed by atoms with Crippen LogP contribution < -0.4 is 4.72 Å². The van der Waals surface area contributed by atoms with Gasteiger partial charge in [0.25, 0.3) is 5.91 Å². The summed E-state index contributed by atoms with van der Waals surface area (Å²) in [6, 6.07) is 0. The highest BCUT2D eigenvalue weighted by molar-refractivity contribution is 7.96. The lowest BCUT2D eigenvalue weighted by molar-refractivity contribution is -0.440. The van der Waals surface area contributed by atoms with Crippen LogP contribution in [0.15, 0.2) is 0 Å². The molecule has 0 rings (SSSR count). The van der Waals surface area contributed by atoms with E-state index in [-0.39, 0.29) is 6.42 Å². The molecule has 1 amide bonds. The Morgan fingerprint density at radius 3 is 1.61 bits per heavy atom. The lowest BCUT2D eigenvalue weighted by Crippen LogP contribution is -2.70. The van der Waals surface area contributed by atoms with Crippen LogP contribution in [0.3, 0.4) is 0 Å². The SMILES string of the molecule is CCCC[S+](=O)(O)NC(=O)CCC(F)(F)C(F)(F)C(F)(F)C(F)(F)C(F)(F)C(F)(F)F. The number of hydrogen-bond donors (Lipinski definition) is 2. The van der Waals surface area contributed by atoms with Crippen molar-refractivity contribution >= 4 is 16.3 Å². The molecule has 0 aromatic heterocycles. The van der Waals surface area contributed by atoms with Crippen molar-refractivity contribution in [3.05, 3.63) is 0 Å². The van der Waals surface area contributed by atoms with E-state index >= 15 is 0 Å². The Kier molecular flexibility index (Phi) is 8.52. The van der Waals surface area contributed by atoms with Gasteiger partial charge in [0, 0.05) is 12.8 Å². The number of hydrogen-bond acceptors (Lipinski definition) is 2. The van der Waals surface area contributed by atoms with Crippen LogP contribution in [0.2, 0.25) is 0 Å². The van der Waals surface area contributed by atoms with Gasteiger partial charge >= 0.3 is 46.2 Å². The number of unbranched alkanes of at least 4 members (excludes halogenated alkanes) is 1. The fourth-order valence-electron chi connectivity index (χ4n) is 1.85. The first-order chi connectivity index (χ1) is 13.4. The summed E-state index contributed by atoms with van der Waals surface area (Å²) >= 11 is 0. The van der Waals surface area contributed by atoms with Crippen molar-refractivity contribution in [3.8, 4) is 0 Å². The van der Waals surface area contributed by atoms with Gasteiger partial charge in [-0.3, -0.25) is 4.79 Å². The molecule has 0 heterocycles. The molecule has 0 bridgehead atoms. The third kappa shape index (κ3) is 5.73. The molecule has 1 atom stereocenters. The van der Waals surface area contributed by atoms with Gasteiger partial charge in [-0.2, -0.15) is 61.6 Å². The number of halogens is 13. The fraction of sp³-hybridized carbons (Fsp3) is 0.923. The van der Waals surface area contributed by atoms with Gasteiger partial charge in [-0.25, -0.2) is 0 Å². The molecule has 0 saturated carbocycles. The molecule has 1 unspecified atom stereocenters. The van der Waals surface area contributed by atoms with Crippen LogP contribution in [0, 0.1) is 0 Å². The highest BCUT2D eigenvalue weighted by Crippen LogP contribution is 2.60. The van der Waals surface area contributed by atoms with Crippen molar-refractivity contribution in [1.82, 2.24) is 4.72 Å². The predicted octanol–water partition coefficient (Wildman–Crippen LogP) is 5.31. The summed E-state index contributed by atoms with van der Waals surface area (Å²) in [6.45, 7) is 1.53. The number of carbonyl (C=O) groups excluding carboxylic acids is 1. The standard InChI is InChI=1S/C13H14F13NO3S/c1-2-3-6-31(29,30)27-7(28)4-5-8(14,15)9(16,17)10(18,19)11(20,21)12(22,23)13(24,25)26/h2-6H2,1H3,(H-,27,28,29,30)/p+1. The number of carbonyl (C=O) groups is 1. The molecule has 0 aromatic rings. The van der Waals surface area contributed by atoms with Gasteiger partial charge in [0.05, 0.1) is 0 Å². The maximum absolute atomic E-state index is 13.5. The summed E-state index contributed by atoms with van der Waals surface area (Å²) in [7, 11) is -4.21. The van der Waals surface area contributed by atoms with Gasteiger partial charge in [0.2, 0.25) is 0 Å². The molecule has 0 spiro atoms. The predicted molar refractivity (Wildman–Crippen MR) is 78.6 cm³/mol. The van der Waals surface area contributed by atoms with Gasteiger partial charge in [-0.05, 0) is 10.6 Å². The Labute approximate surface area is 166 Å². The van der Waals surface area contributed by atoms with Gasteiger partial charge in [0.1, 0.15) is 0 Å². The van der Waals surface area contributed by atoms with E-state index in [9.17, 15) is 70.6 Å². The van der Waals surface area contributed by atoms with Crippen molar-refractivity contribution in [2.45, 2.75) is 68.4 Å². The Hall–Kier alpha value is -1.33. The molecular weight excluding hydrogens is 497 g/mol. The van der Waals surface area contributed by atoms with Crippen molar-refractivity contribution in [3.63, 3.8) is 0 Å². The molecule has 0 aliphatic rings. The molecule has 186 valence electrons. The molecule has 0 aliphatic heterocycles. The summed E-state index contributed by atoms with van der Waals surface area (Å²) in [5, 5.41) is 0. The normalized spacial score (nSPS) is 16.7. The monoisotopic (exact) mass is 512 g/mol. The Morgan fingerprint density at radius 2 is 1.23 bits per heavy atom. The molecule has 4 nitrogen and oxygen atoms in total. The fourth-order valence-corrected chi connectivity index (χ4v) is 3.09. The van der Waals surface area contributed by atoms with Crippen molar-refractivity contribution < 1.29 is 70.6 Å². The summed E-state index contributed by atoms with van der Waals surface area (Å²) in [4.78, 5) is 11.3. The average molecular weight is 512 g/mol. The molecule has 0 radical (unpaired) electrons. The van der Waals surface area contributed by atoms with Crippen LogP contribution in [-0.2, 0) is 19.4 Å². The number of amides is 1. The van der Waals surface area contributed by atoms with E-state index in [4.69, 9.17) is 0 Å². The first kappa shape index (κ1) is 29.7. The Bertz CT molecular complexity index is 693. The lowest BCUT2D eigenvalue weighted by atomic mass is 9.92. The van der Waals surface area contributed by atoms with Crippen LogP contribution in [-0.4, -0.2) is 52.0 Å². The zero-order valence-electron chi connectivity index (χ0n) is 15.1. The van der Waals surface area contributed by atoms with E-state index in [1.54, 1.807) is 0 Å². The molecule has 0 fully saturated rings. The number of nitrogens with one attached hydrogen (secondary N) is 1. The topological polar surface area (TPSA) is 66.4 Å². The van der Waals surface area contributed by atoms with Gasteiger partial charge < -0.3 is 0 Å². The van der Waals surface area contributed by atoms with Gasteiger partial charge in [-0.1, -0.05) is 13.3 Å². The summed E-state index contributed by atoms with van der Waals surface area (Å²) in [5.74, 6) is -40.2. The Balaban J connectivity index is 5.69. The molecular formula is C13H15F13NO3S+. The highest BCUT2D eigenvalue weighted by Gasteiger charge is 2.90. The van der Waals surface area contributed by atoms with Gasteiger partial charge in [0.15, 0.2) is 5.75 Å². The van der Waals surface area contributed by atoms with Crippen LogP contribution in [0.4, 0.5) is 57.1 Å². The summed E-state index contributed by atoms with van der Waals surface area (Å²) in [5.41, 5.74) is 0. The zero-order valence-corrected chi connectivity index (χ0v) is 15.9. The second kappa shape index (κ2) is 8.90. The molecule has 0 saturated heterocycles. The van der Waals surface area contributed by atoms with E-state index < -0.39 is 70.7 Å². The van der Waals surface area contributed by atoms with E-state index in [0.29, 0.717) is 6.42 Å². The molecule has 0 aliphatic carbocycles. The maximum atomic E-state index is 13.5. The third-order valence-electron chi connectivity index (χ3n) is 3.71. The average Bonchev–Trinajstić information content (AvgIpc) is 2.56. The van der Waals surface area contributed by atoms with Crippen molar-refractivity contribution in [1.29, 1.82) is 0 Å². The number of alkyl halides is 13. The molecule has 0 aromatic carbocycles. The summed E-state index contributed by atoms with van der Waals surface area (Å²) in [6.07, 6.45) is -11.9. The molecule has 2 N–H and O–H groups in total. The minimum absolute atomic E-state index is 0.0125. The van der Waals surface area contributed by atoms with E-state index in [0.717, 1.165) is 0 Å². The first-order valence-electron chi connectivity index (χ1n) is 7.92. The second-order valence-electron chi connectivity index (χ2n) is 6.22. The molecule has 31 heavy (non-hydrogen) atoms. The quantitative estimate of drug-likeness (QED) is 0.292. The van der Waals surface area contributed by atoms with E-state index in [1.165, 1.54) is 11.6 Å². The first-order valence-corrected chi connectivity index (χ1v) is 9.60. The van der Waals surface area contributed by atoms with Crippen LogP contribution >= 0.6 is 0 Å².